The Morgan fingerprint density at radius 1 is 1.33 bits per heavy atom. The van der Waals surface area contributed by atoms with E-state index < -0.39 is 0 Å². The third-order valence-corrected chi connectivity index (χ3v) is 3.19. The van der Waals surface area contributed by atoms with Crippen molar-refractivity contribution in [2.75, 3.05) is 0 Å². The lowest BCUT2D eigenvalue weighted by molar-refractivity contribution is 1.01. The maximum absolute atomic E-state index is 4.35. The molecule has 1 atom stereocenters. The number of aliphatic imine (C=N–C) groups is 1. The highest BCUT2D eigenvalue weighted by Gasteiger charge is 2.24. The van der Waals surface area contributed by atoms with Crippen LogP contribution in [0.4, 0.5) is 0 Å². The lowest BCUT2D eigenvalue weighted by atomic mass is 10.00. The lowest BCUT2D eigenvalue weighted by Crippen LogP contribution is -2.04. The summed E-state index contributed by atoms with van der Waals surface area (Å²) in [5, 5.41) is 0. The molecule has 12 heavy (non-hydrogen) atoms. The van der Waals surface area contributed by atoms with Crippen LogP contribution in [0.3, 0.4) is 0 Å². The zero-order valence-corrected chi connectivity index (χ0v) is 7.21. The summed E-state index contributed by atoms with van der Waals surface area (Å²) in [4.78, 5) is 5.74. The van der Waals surface area contributed by atoms with E-state index in [1.807, 2.05) is 5.55 Å². The van der Waals surface area contributed by atoms with Gasteiger partial charge < -0.3 is 0 Å². The van der Waals surface area contributed by atoms with Gasteiger partial charge in [-0.15, -0.1) is 0 Å². The normalized spacial score (nSPS) is 29.3. The zero-order chi connectivity index (χ0) is 7.97. The summed E-state index contributed by atoms with van der Waals surface area (Å²) in [6, 6.07) is 0.310. The Morgan fingerprint density at radius 2 is 2.33 bits per heavy atom. The molecule has 0 aromatic carbocycles. The van der Waals surface area contributed by atoms with Crippen LogP contribution in [0.2, 0.25) is 0 Å². The fourth-order valence-electron chi connectivity index (χ4n) is 1.65. The molecule has 0 fully saturated rings. The number of allylic oxidation sites excluding steroid dienone is 6. The molecule has 2 aliphatic carbocycles. The first kappa shape index (κ1) is 6.49. The van der Waals surface area contributed by atoms with Crippen molar-refractivity contribution in [1.82, 2.24) is 0 Å². The van der Waals surface area contributed by atoms with E-state index >= 15 is 0 Å². The molecule has 3 rings (SSSR count). The minimum atomic E-state index is 0.310. The smallest absolute Gasteiger partial charge is 0.101 e. The van der Waals surface area contributed by atoms with Crippen molar-refractivity contribution < 1.29 is 0 Å². The first-order valence-corrected chi connectivity index (χ1v) is 4.82. The summed E-state index contributed by atoms with van der Waals surface area (Å²) < 4.78 is 0. The van der Waals surface area contributed by atoms with Gasteiger partial charge in [-0.25, -0.2) is 0 Å². The number of fused-ring (bicyclic) bond motifs is 2. The zero-order valence-electron chi connectivity index (χ0n) is 6.40. The summed E-state index contributed by atoms with van der Waals surface area (Å²) in [6.07, 6.45) is 10.7. The first-order valence-electron chi connectivity index (χ1n) is 3.94. The van der Waals surface area contributed by atoms with Gasteiger partial charge in [0.05, 0.1) is 5.55 Å². The second kappa shape index (κ2) is 2.23. The van der Waals surface area contributed by atoms with Crippen molar-refractivity contribution in [3.63, 3.8) is 0 Å². The maximum atomic E-state index is 4.35. The molecule has 58 valence electrons. The van der Waals surface area contributed by atoms with Crippen molar-refractivity contribution in [2.45, 2.75) is 6.04 Å². The SMILES string of the molecule is C1=CC2=C3SC=NC3C=CC2=C1. The molecule has 0 amide bonds. The summed E-state index contributed by atoms with van der Waals surface area (Å²) >= 11 is 1.75. The van der Waals surface area contributed by atoms with Crippen molar-refractivity contribution in [2.24, 2.45) is 4.99 Å². The van der Waals surface area contributed by atoms with Crippen LogP contribution >= 0.6 is 11.8 Å². The standard InChI is InChI=1S/C10H7NS/c1-2-7-4-5-9-10(8(7)3-1)12-6-11-9/h1-6,9H. The van der Waals surface area contributed by atoms with Crippen LogP contribution in [-0.4, -0.2) is 11.6 Å². The van der Waals surface area contributed by atoms with E-state index in [1.165, 1.54) is 16.1 Å². The van der Waals surface area contributed by atoms with Gasteiger partial charge in [-0.3, -0.25) is 4.99 Å². The van der Waals surface area contributed by atoms with Crippen LogP contribution in [0.15, 0.2) is 51.4 Å². The Kier molecular flexibility index (Phi) is 1.21. The minimum absolute atomic E-state index is 0.310. The topological polar surface area (TPSA) is 12.4 Å². The molecular weight excluding hydrogens is 166 g/mol. The average Bonchev–Trinajstić information content (AvgIpc) is 2.71. The Balaban J connectivity index is 2.20. The fourth-order valence-corrected chi connectivity index (χ4v) is 2.55. The first-order chi connectivity index (χ1) is 5.95. The Morgan fingerprint density at radius 3 is 3.33 bits per heavy atom. The Labute approximate surface area is 75.3 Å². The molecule has 0 saturated heterocycles. The minimum Gasteiger partial charge on any atom is -0.273 e. The molecule has 0 aromatic rings. The van der Waals surface area contributed by atoms with Gasteiger partial charge in [0.15, 0.2) is 0 Å². The van der Waals surface area contributed by atoms with Crippen molar-refractivity contribution in [3.05, 3.63) is 46.4 Å². The Hall–Kier alpha value is -1.02. The van der Waals surface area contributed by atoms with E-state index in [9.17, 15) is 0 Å². The highest BCUT2D eigenvalue weighted by molar-refractivity contribution is 8.15. The van der Waals surface area contributed by atoms with Gasteiger partial charge in [0, 0.05) is 4.91 Å². The third kappa shape index (κ3) is 0.730. The van der Waals surface area contributed by atoms with E-state index in [2.05, 4.69) is 35.4 Å². The molecular formula is C10H7NS. The molecule has 3 aliphatic rings. The summed E-state index contributed by atoms with van der Waals surface area (Å²) in [7, 11) is 0. The third-order valence-electron chi connectivity index (χ3n) is 2.24. The van der Waals surface area contributed by atoms with Crippen LogP contribution in [0, 0.1) is 0 Å². The average molecular weight is 173 g/mol. The monoisotopic (exact) mass is 173 g/mol. The molecule has 0 saturated carbocycles. The van der Waals surface area contributed by atoms with E-state index in [4.69, 9.17) is 0 Å². The van der Waals surface area contributed by atoms with Gasteiger partial charge in [-0.05, 0) is 11.1 Å². The molecule has 2 heteroatoms. The number of hydrogen-bond acceptors (Lipinski definition) is 2. The van der Waals surface area contributed by atoms with Gasteiger partial charge in [0.1, 0.15) is 6.04 Å². The van der Waals surface area contributed by atoms with Gasteiger partial charge in [0.2, 0.25) is 0 Å². The summed E-state index contributed by atoms with van der Waals surface area (Å²) in [5.41, 5.74) is 4.64. The van der Waals surface area contributed by atoms with E-state index in [0.717, 1.165) is 0 Å². The van der Waals surface area contributed by atoms with Crippen molar-refractivity contribution in [3.8, 4) is 0 Å². The number of hydrogen-bond donors (Lipinski definition) is 0. The van der Waals surface area contributed by atoms with Gasteiger partial charge in [-0.2, -0.15) is 0 Å². The van der Waals surface area contributed by atoms with Crippen LogP contribution in [-0.2, 0) is 0 Å². The van der Waals surface area contributed by atoms with E-state index in [-0.39, 0.29) is 0 Å². The lowest BCUT2D eigenvalue weighted by Gasteiger charge is -2.13. The number of thioether (sulfide) groups is 1. The van der Waals surface area contributed by atoms with Crippen LogP contribution in [0.1, 0.15) is 0 Å². The maximum Gasteiger partial charge on any atom is 0.101 e. The van der Waals surface area contributed by atoms with Crippen LogP contribution < -0.4 is 0 Å². The number of nitrogens with zero attached hydrogens (tertiary/aromatic N) is 1. The number of rotatable bonds is 0. The van der Waals surface area contributed by atoms with E-state index in [0.29, 0.717) is 6.04 Å². The molecule has 1 aliphatic heterocycles. The summed E-state index contributed by atoms with van der Waals surface area (Å²) in [6.45, 7) is 0. The quantitative estimate of drug-likeness (QED) is 0.548. The molecule has 1 unspecified atom stereocenters. The molecule has 0 bridgehead atoms. The molecule has 0 N–H and O–H groups in total. The molecule has 0 aromatic heterocycles. The highest BCUT2D eigenvalue weighted by atomic mass is 32.2. The summed E-state index contributed by atoms with van der Waals surface area (Å²) in [5.74, 6) is 0. The highest BCUT2D eigenvalue weighted by Crippen LogP contribution is 2.39. The van der Waals surface area contributed by atoms with Crippen LogP contribution in [0.5, 0.6) is 0 Å². The van der Waals surface area contributed by atoms with Gasteiger partial charge >= 0.3 is 0 Å². The van der Waals surface area contributed by atoms with E-state index in [1.54, 1.807) is 11.8 Å². The van der Waals surface area contributed by atoms with Crippen molar-refractivity contribution in [1.29, 1.82) is 0 Å². The fraction of sp³-hybridized carbons (Fsp3) is 0.100. The second-order valence-corrected chi connectivity index (χ2v) is 3.82. The van der Waals surface area contributed by atoms with Crippen molar-refractivity contribution >= 4 is 17.3 Å². The van der Waals surface area contributed by atoms with Crippen LogP contribution in [0.25, 0.3) is 0 Å². The van der Waals surface area contributed by atoms with Gasteiger partial charge in [-0.1, -0.05) is 42.1 Å². The molecule has 0 spiro atoms. The Bertz CT molecular complexity index is 383. The second-order valence-electron chi connectivity index (χ2n) is 2.94. The largest absolute Gasteiger partial charge is 0.273 e. The van der Waals surface area contributed by atoms with Gasteiger partial charge in [0.25, 0.3) is 0 Å². The predicted octanol–water partition coefficient (Wildman–Crippen LogP) is 2.45. The predicted molar refractivity (Wildman–Crippen MR) is 53.3 cm³/mol. The molecule has 1 nitrogen and oxygen atoms in total. The molecule has 0 radical (unpaired) electrons. The molecule has 1 heterocycles.